The lowest BCUT2D eigenvalue weighted by Gasteiger charge is -2.13. The molecule has 0 spiro atoms. The SMILES string of the molecule is COCCNCCNC(=O)CCNS(=O)(=O)c1c(C)cc(C)cc1C. The number of sulfonamides is 1. The molecule has 0 radical (unpaired) electrons. The monoisotopic (exact) mass is 371 g/mol. The summed E-state index contributed by atoms with van der Waals surface area (Å²) in [6.07, 6.45) is 0.0985. The fraction of sp³-hybridized carbons (Fsp3) is 0.588. The van der Waals surface area contributed by atoms with Crippen molar-refractivity contribution < 1.29 is 17.9 Å². The van der Waals surface area contributed by atoms with E-state index in [-0.39, 0.29) is 18.9 Å². The van der Waals surface area contributed by atoms with Crippen molar-refractivity contribution in [2.75, 3.05) is 39.9 Å². The quantitative estimate of drug-likeness (QED) is 0.496. The Bertz CT molecular complexity index is 651. The summed E-state index contributed by atoms with van der Waals surface area (Å²) in [6.45, 7) is 8.02. The zero-order valence-corrected chi connectivity index (χ0v) is 16.3. The summed E-state index contributed by atoms with van der Waals surface area (Å²) in [7, 11) is -2.00. The Hall–Kier alpha value is -1.48. The molecule has 25 heavy (non-hydrogen) atoms. The van der Waals surface area contributed by atoms with Crippen LogP contribution in [0.4, 0.5) is 0 Å². The molecule has 0 aliphatic carbocycles. The number of nitrogens with one attached hydrogen (secondary N) is 3. The van der Waals surface area contributed by atoms with Crippen molar-refractivity contribution in [1.82, 2.24) is 15.4 Å². The molecule has 0 aromatic heterocycles. The van der Waals surface area contributed by atoms with Gasteiger partial charge in [-0.05, 0) is 31.9 Å². The van der Waals surface area contributed by atoms with Crippen LogP contribution in [0.25, 0.3) is 0 Å². The highest BCUT2D eigenvalue weighted by Gasteiger charge is 2.19. The van der Waals surface area contributed by atoms with Crippen molar-refractivity contribution in [3.63, 3.8) is 0 Å². The molecule has 0 unspecified atom stereocenters. The van der Waals surface area contributed by atoms with Gasteiger partial charge in [-0.3, -0.25) is 4.79 Å². The van der Waals surface area contributed by atoms with Crippen LogP contribution in [-0.4, -0.2) is 54.2 Å². The maximum Gasteiger partial charge on any atom is 0.241 e. The van der Waals surface area contributed by atoms with Crippen LogP contribution in [0.5, 0.6) is 0 Å². The van der Waals surface area contributed by atoms with E-state index in [4.69, 9.17) is 4.74 Å². The standard InChI is InChI=1S/C17H29N3O4S/c1-13-11-14(2)17(15(3)12-13)25(22,23)20-6-5-16(21)19-8-7-18-9-10-24-4/h11-12,18,20H,5-10H2,1-4H3,(H,19,21). The fourth-order valence-corrected chi connectivity index (χ4v) is 4.12. The molecule has 0 saturated carbocycles. The Morgan fingerprint density at radius 1 is 1.04 bits per heavy atom. The molecule has 1 aromatic rings. The average molecular weight is 372 g/mol. The van der Waals surface area contributed by atoms with E-state index in [9.17, 15) is 13.2 Å². The summed E-state index contributed by atoms with van der Waals surface area (Å²) < 4.78 is 32.3. The van der Waals surface area contributed by atoms with Gasteiger partial charge in [0, 0.05) is 39.7 Å². The number of methoxy groups -OCH3 is 1. The van der Waals surface area contributed by atoms with Gasteiger partial charge in [-0.2, -0.15) is 0 Å². The molecule has 0 heterocycles. The number of aryl methyl sites for hydroxylation is 3. The van der Waals surface area contributed by atoms with Gasteiger partial charge in [-0.25, -0.2) is 13.1 Å². The fourth-order valence-electron chi connectivity index (χ4n) is 2.64. The number of rotatable bonds is 11. The lowest BCUT2D eigenvalue weighted by Crippen LogP contribution is -2.35. The Morgan fingerprint density at radius 2 is 1.68 bits per heavy atom. The Labute approximate surface area is 150 Å². The molecule has 7 nitrogen and oxygen atoms in total. The van der Waals surface area contributed by atoms with Crippen molar-refractivity contribution in [2.45, 2.75) is 32.1 Å². The highest BCUT2D eigenvalue weighted by atomic mass is 32.2. The van der Waals surface area contributed by atoms with Crippen LogP contribution in [0.3, 0.4) is 0 Å². The average Bonchev–Trinajstić information content (AvgIpc) is 2.49. The number of carbonyl (C=O) groups excluding carboxylic acids is 1. The zero-order chi connectivity index (χ0) is 18.9. The molecule has 142 valence electrons. The minimum atomic E-state index is -3.63. The lowest BCUT2D eigenvalue weighted by molar-refractivity contribution is -0.120. The lowest BCUT2D eigenvalue weighted by atomic mass is 10.1. The third kappa shape index (κ3) is 7.52. The summed E-state index contributed by atoms with van der Waals surface area (Å²) in [5.74, 6) is -0.186. The van der Waals surface area contributed by atoms with Crippen LogP contribution in [0.15, 0.2) is 17.0 Å². The van der Waals surface area contributed by atoms with Gasteiger partial charge >= 0.3 is 0 Å². The number of hydrogen-bond donors (Lipinski definition) is 3. The predicted molar refractivity (Wildman–Crippen MR) is 98.2 cm³/mol. The van der Waals surface area contributed by atoms with Crippen LogP contribution in [0.2, 0.25) is 0 Å². The summed E-state index contributed by atoms with van der Waals surface area (Å²) in [5.41, 5.74) is 2.43. The van der Waals surface area contributed by atoms with Crippen LogP contribution in [0.1, 0.15) is 23.1 Å². The van der Waals surface area contributed by atoms with Crippen molar-refractivity contribution in [3.05, 3.63) is 28.8 Å². The largest absolute Gasteiger partial charge is 0.383 e. The van der Waals surface area contributed by atoms with Crippen LogP contribution < -0.4 is 15.4 Å². The molecule has 0 bridgehead atoms. The predicted octanol–water partition coefficient (Wildman–Crippen LogP) is 0.632. The number of hydrogen-bond acceptors (Lipinski definition) is 5. The van der Waals surface area contributed by atoms with Gasteiger partial charge < -0.3 is 15.4 Å². The minimum absolute atomic E-state index is 0.0675. The molecule has 0 aliphatic rings. The normalized spacial score (nSPS) is 11.5. The molecule has 3 N–H and O–H groups in total. The second-order valence-electron chi connectivity index (χ2n) is 5.97. The summed E-state index contributed by atoms with van der Waals surface area (Å²) >= 11 is 0. The van der Waals surface area contributed by atoms with E-state index in [2.05, 4.69) is 15.4 Å². The maximum absolute atomic E-state index is 12.5. The van der Waals surface area contributed by atoms with E-state index in [0.29, 0.717) is 35.7 Å². The van der Waals surface area contributed by atoms with Crippen molar-refractivity contribution in [1.29, 1.82) is 0 Å². The van der Waals surface area contributed by atoms with Gasteiger partial charge in [-0.1, -0.05) is 17.7 Å². The highest BCUT2D eigenvalue weighted by molar-refractivity contribution is 7.89. The Balaban J connectivity index is 2.41. The zero-order valence-electron chi connectivity index (χ0n) is 15.4. The van der Waals surface area contributed by atoms with Crippen molar-refractivity contribution in [2.24, 2.45) is 0 Å². The van der Waals surface area contributed by atoms with E-state index in [1.54, 1.807) is 21.0 Å². The first-order valence-corrected chi connectivity index (χ1v) is 9.80. The maximum atomic E-state index is 12.5. The number of benzene rings is 1. The van der Waals surface area contributed by atoms with Crippen LogP contribution in [-0.2, 0) is 19.6 Å². The molecule has 1 amide bonds. The number of carbonyl (C=O) groups is 1. The van der Waals surface area contributed by atoms with Gasteiger partial charge in [0.15, 0.2) is 0 Å². The van der Waals surface area contributed by atoms with Crippen molar-refractivity contribution in [3.8, 4) is 0 Å². The molecule has 0 saturated heterocycles. The Kier molecular flexibility index (Phi) is 9.05. The third-order valence-corrected chi connectivity index (χ3v) is 5.39. The number of amides is 1. The van der Waals surface area contributed by atoms with Gasteiger partial charge in [0.25, 0.3) is 0 Å². The molecule has 0 fully saturated rings. The first-order valence-electron chi connectivity index (χ1n) is 8.32. The summed E-state index contributed by atoms with van der Waals surface area (Å²) in [5, 5.41) is 5.85. The molecule has 1 aromatic carbocycles. The van der Waals surface area contributed by atoms with Crippen LogP contribution >= 0.6 is 0 Å². The summed E-state index contributed by atoms with van der Waals surface area (Å²) in [4.78, 5) is 12.0. The van der Waals surface area contributed by atoms with E-state index >= 15 is 0 Å². The van der Waals surface area contributed by atoms with E-state index < -0.39 is 10.0 Å². The third-order valence-electron chi connectivity index (χ3n) is 3.62. The molecule has 0 aliphatic heterocycles. The molecular weight excluding hydrogens is 342 g/mol. The van der Waals surface area contributed by atoms with Crippen LogP contribution in [0, 0.1) is 20.8 Å². The molecule has 1 rings (SSSR count). The summed E-state index contributed by atoms with van der Waals surface area (Å²) in [6, 6.07) is 3.68. The van der Waals surface area contributed by atoms with Gasteiger partial charge in [0.05, 0.1) is 11.5 Å². The number of ether oxygens (including phenoxy) is 1. The second-order valence-corrected chi connectivity index (χ2v) is 7.67. The van der Waals surface area contributed by atoms with E-state index in [0.717, 1.165) is 12.1 Å². The highest BCUT2D eigenvalue weighted by Crippen LogP contribution is 2.21. The van der Waals surface area contributed by atoms with E-state index in [1.165, 1.54) is 0 Å². The van der Waals surface area contributed by atoms with Gasteiger partial charge in [-0.15, -0.1) is 0 Å². The minimum Gasteiger partial charge on any atom is -0.383 e. The van der Waals surface area contributed by atoms with Crippen molar-refractivity contribution >= 4 is 15.9 Å². The molecule has 8 heteroatoms. The topological polar surface area (TPSA) is 96.5 Å². The Morgan fingerprint density at radius 3 is 2.28 bits per heavy atom. The van der Waals surface area contributed by atoms with Gasteiger partial charge in [0.2, 0.25) is 15.9 Å². The first-order chi connectivity index (χ1) is 11.8. The molecule has 0 atom stereocenters. The smallest absolute Gasteiger partial charge is 0.241 e. The van der Waals surface area contributed by atoms with E-state index in [1.807, 2.05) is 19.1 Å². The van der Waals surface area contributed by atoms with Gasteiger partial charge in [0.1, 0.15) is 0 Å². The first kappa shape index (κ1) is 21.6. The molecular formula is C17H29N3O4S. The second kappa shape index (κ2) is 10.5.